The maximum Gasteiger partial charge on any atom is 0.268 e. The molecule has 1 aliphatic rings. The number of nitro groups is 1. The third-order valence-electron chi connectivity index (χ3n) is 2.16. The molecule has 0 amide bonds. The van der Waals surface area contributed by atoms with Gasteiger partial charge in [-0.3, -0.25) is 10.1 Å². The summed E-state index contributed by atoms with van der Waals surface area (Å²) in [7, 11) is 0. The number of allylic oxidation sites excluding steroid dienone is 1. The van der Waals surface area contributed by atoms with Crippen LogP contribution in [0.5, 0.6) is 0 Å². The predicted molar refractivity (Wildman–Crippen MR) is 56.2 cm³/mol. The molecule has 0 aliphatic heterocycles. The molecule has 90 valence electrons. The summed E-state index contributed by atoms with van der Waals surface area (Å²) in [5.74, 6) is -1.62. The van der Waals surface area contributed by atoms with Crippen LogP contribution >= 0.6 is 0 Å². The maximum absolute atomic E-state index is 10.6. The molecule has 0 bridgehead atoms. The minimum Gasteiger partial charge on any atom is -0.368 e. The Morgan fingerprint density at radius 2 is 2.25 bits per heavy atom. The summed E-state index contributed by atoms with van der Waals surface area (Å²) in [6.45, 7) is 4.08. The summed E-state index contributed by atoms with van der Waals surface area (Å²) in [5.41, 5.74) is -0.108. The number of aliphatic hydroxyl groups is 1. The van der Waals surface area contributed by atoms with E-state index in [-0.39, 0.29) is 12.3 Å². The van der Waals surface area contributed by atoms with Crippen LogP contribution in [0.25, 0.3) is 0 Å². The van der Waals surface area contributed by atoms with Crippen molar-refractivity contribution < 1.29 is 19.5 Å². The Kier molecular flexibility index (Phi) is 4.17. The van der Waals surface area contributed by atoms with E-state index in [1.807, 2.05) is 0 Å². The van der Waals surface area contributed by atoms with Crippen molar-refractivity contribution in [3.8, 4) is 0 Å². The first-order valence-corrected chi connectivity index (χ1v) is 5.07. The van der Waals surface area contributed by atoms with Gasteiger partial charge in [-0.1, -0.05) is 0 Å². The van der Waals surface area contributed by atoms with Crippen LogP contribution in [-0.4, -0.2) is 35.1 Å². The number of rotatable bonds is 5. The van der Waals surface area contributed by atoms with Gasteiger partial charge < -0.3 is 14.6 Å². The molecular weight excluding hydrogens is 214 g/mol. The molecule has 0 spiro atoms. The molecule has 1 aliphatic carbocycles. The Balaban J connectivity index is 2.92. The zero-order valence-electron chi connectivity index (χ0n) is 9.25. The summed E-state index contributed by atoms with van der Waals surface area (Å²) in [4.78, 5) is 10.0. The average molecular weight is 229 g/mol. The molecule has 0 saturated heterocycles. The highest BCUT2D eigenvalue weighted by Crippen LogP contribution is 2.25. The topological polar surface area (TPSA) is 81.8 Å². The van der Waals surface area contributed by atoms with E-state index in [0.29, 0.717) is 6.61 Å². The fourth-order valence-corrected chi connectivity index (χ4v) is 1.46. The van der Waals surface area contributed by atoms with Crippen LogP contribution in [0.2, 0.25) is 0 Å². The third kappa shape index (κ3) is 2.66. The highest BCUT2D eigenvalue weighted by atomic mass is 16.7. The van der Waals surface area contributed by atoms with E-state index >= 15 is 0 Å². The van der Waals surface area contributed by atoms with Crippen LogP contribution in [0, 0.1) is 10.1 Å². The molecule has 16 heavy (non-hydrogen) atoms. The van der Waals surface area contributed by atoms with E-state index < -0.39 is 16.8 Å². The lowest BCUT2D eigenvalue weighted by Crippen LogP contribution is -2.45. The van der Waals surface area contributed by atoms with Crippen LogP contribution in [0.3, 0.4) is 0 Å². The van der Waals surface area contributed by atoms with E-state index in [0.717, 1.165) is 0 Å². The second-order valence-corrected chi connectivity index (χ2v) is 3.24. The first-order valence-electron chi connectivity index (χ1n) is 5.07. The summed E-state index contributed by atoms with van der Waals surface area (Å²) in [6.07, 6.45) is 2.85. The first kappa shape index (κ1) is 12.8. The molecule has 0 aromatic rings. The summed E-state index contributed by atoms with van der Waals surface area (Å²) in [5, 5.41) is 20.6. The Morgan fingerprint density at radius 3 is 2.75 bits per heavy atom. The van der Waals surface area contributed by atoms with Crippen molar-refractivity contribution in [2.75, 3.05) is 13.2 Å². The molecule has 2 unspecified atom stereocenters. The lowest BCUT2D eigenvalue weighted by Gasteiger charge is -2.32. The minimum absolute atomic E-state index is 0.108. The standard InChI is InChI=1S/C10H15NO5/c1-3-15-9-7-8(11(13)14)5-6-10(9,12)16-4-2/h5-7,9,12H,3-4H2,1-2H3. The van der Waals surface area contributed by atoms with Gasteiger partial charge in [0.2, 0.25) is 5.79 Å². The largest absolute Gasteiger partial charge is 0.368 e. The van der Waals surface area contributed by atoms with Crippen molar-refractivity contribution in [1.29, 1.82) is 0 Å². The highest BCUT2D eigenvalue weighted by Gasteiger charge is 2.39. The summed E-state index contributed by atoms with van der Waals surface area (Å²) < 4.78 is 10.4. The van der Waals surface area contributed by atoms with Crippen molar-refractivity contribution in [2.45, 2.75) is 25.7 Å². The zero-order valence-corrected chi connectivity index (χ0v) is 9.25. The van der Waals surface area contributed by atoms with Crippen LogP contribution in [0.15, 0.2) is 23.9 Å². The Morgan fingerprint density at radius 1 is 1.56 bits per heavy atom. The first-order chi connectivity index (χ1) is 7.53. The molecule has 0 aromatic carbocycles. The number of ether oxygens (including phenoxy) is 2. The summed E-state index contributed by atoms with van der Waals surface area (Å²) in [6, 6.07) is 0. The summed E-state index contributed by atoms with van der Waals surface area (Å²) >= 11 is 0. The Labute approximate surface area is 93.3 Å². The normalized spacial score (nSPS) is 28.9. The smallest absolute Gasteiger partial charge is 0.268 e. The highest BCUT2D eigenvalue weighted by molar-refractivity contribution is 5.24. The average Bonchev–Trinajstić information content (AvgIpc) is 2.21. The van der Waals surface area contributed by atoms with Gasteiger partial charge >= 0.3 is 0 Å². The fourth-order valence-electron chi connectivity index (χ4n) is 1.46. The number of nitrogens with zero attached hydrogens (tertiary/aromatic N) is 1. The van der Waals surface area contributed by atoms with E-state index in [1.54, 1.807) is 13.8 Å². The molecule has 1 rings (SSSR count). The molecule has 2 atom stereocenters. The molecule has 0 radical (unpaired) electrons. The SMILES string of the molecule is CCOC1C=C([N+](=O)[O-])C=CC1(O)OCC. The van der Waals surface area contributed by atoms with E-state index in [9.17, 15) is 15.2 Å². The zero-order chi connectivity index (χ0) is 12.2. The minimum atomic E-state index is -1.62. The van der Waals surface area contributed by atoms with Crippen molar-refractivity contribution >= 4 is 0 Å². The van der Waals surface area contributed by atoms with Crippen LogP contribution in [0.1, 0.15) is 13.8 Å². The lowest BCUT2D eigenvalue weighted by atomic mass is 10.0. The molecule has 0 saturated carbocycles. The predicted octanol–water partition coefficient (Wildman–Crippen LogP) is 0.847. The molecule has 1 N–H and O–H groups in total. The van der Waals surface area contributed by atoms with E-state index in [2.05, 4.69) is 0 Å². The van der Waals surface area contributed by atoms with Crippen molar-refractivity contribution in [3.05, 3.63) is 34.0 Å². The van der Waals surface area contributed by atoms with Gasteiger partial charge in [0.25, 0.3) is 5.70 Å². The fraction of sp³-hybridized carbons (Fsp3) is 0.600. The Bertz CT molecular complexity index is 325. The van der Waals surface area contributed by atoms with Gasteiger partial charge in [0, 0.05) is 25.4 Å². The number of hydrogen-bond donors (Lipinski definition) is 1. The van der Waals surface area contributed by atoms with Gasteiger partial charge in [0.15, 0.2) is 0 Å². The third-order valence-corrected chi connectivity index (χ3v) is 2.16. The van der Waals surface area contributed by atoms with Gasteiger partial charge in [0.1, 0.15) is 6.10 Å². The van der Waals surface area contributed by atoms with Crippen molar-refractivity contribution in [2.24, 2.45) is 0 Å². The molecule has 6 nitrogen and oxygen atoms in total. The lowest BCUT2D eigenvalue weighted by molar-refractivity contribution is -0.421. The van der Waals surface area contributed by atoms with Gasteiger partial charge in [-0.05, 0) is 19.9 Å². The van der Waals surface area contributed by atoms with Gasteiger partial charge in [-0.15, -0.1) is 0 Å². The molecule has 0 fully saturated rings. The van der Waals surface area contributed by atoms with Gasteiger partial charge in [0.05, 0.1) is 4.92 Å². The van der Waals surface area contributed by atoms with Crippen LogP contribution in [-0.2, 0) is 9.47 Å². The monoisotopic (exact) mass is 229 g/mol. The molecular formula is C10H15NO5. The van der Waals surface area contributed by atoms with Gasteiger partial charge in [-0.2, -0.15) is 0 Å². The van der Waals surface area contributed by atoms with E-state index in [1.165, 1.54) is 18.2 Å². The molecule has 0 heterocycles. The van der Waals surface area contributed by atoms with Gasteiger partial charge in [-0.25, -0.2) is 0 Å². The molecule has 0 aromatic heterocycles. The van der Waals surface area contributed by atoms with Crippen molar-refractivity contribution in [1.82, 2.24) is 0 Å². The maximum atomic E-state index is 10.6. The number of hydrogen-bond acceptors (Lipinski definition) is 5. The Hall–Kier alpha value is -1.24. The van der Waals surface area contributed by atoms with Crippen LogP contribution in [0.4, 0.5) is 0 Å². The van der Waals surface area contributed by atoms with Crippen LogP contribution < -0.4 is 0 Å². The second kappa shape index (κ2) is 5.20. The quantitative estimate of drug-likeness (QED) is 0.429. The van der Waals surface area contributed by atoms with E-state index in [4.69, 9.17) is 9.47 Å². The molecule has 6 heteroatoms. The second-order valence-electron chi connectivity index (χ2n) is 3.24. The van der Waals surface area contributed by atoms with Crippen molar-refractivity contribution in [3.63, 3.8) is 0 Å².